The molecule has 0 aliphatic rings. The van der Waals surface area contributed by atoms with E-state index < -0.39 is 5.97 Å². The van der Waals surface area contributed by atoms with E-state index in [4.69, 9.17) is 9.47 Å². The van der Waals surface area contributed by atoms with E-state index in [1.165, 1.54) is 29.0 Å². The van der Waals surface area contributed by atoms with Crippen LogP contribution in [0.3, 0.4) is 0 Å². The Kier molecular flexibility index (Phi) is 7.50. The number of hydrogen-bond acceptors (Lipinski definition) is 6. The van der Waals surface area contributed by atoms with Crippen molar-refractivity contribution in [3.63, 3.8) is 0 Å². The van der Waals surface area contributed by atoms with Crippen LogP contribution in [-0.4, -0.2) is 17.0 Å². The normalized spacial score (nSPS) is 11.5. The highest BCUT2D eigenvalue weighted by Gasteiger charge is 2.21. The average Bonchev–Trinajstić information content (AvgIpc) is 3.20. The number of benzene rings is 3. The Labute approximate surface area is 214 Å². The number of carbonyl (C=O) groups excluding carboxylic acids is 1. The predicted octanol–water partition coefficient (Wildman–Crippen LogP) is 8.36. The predicted molar refractivity (Wildman–Crippen MR) is 145 cm³/mol. The van der Waals surface area contributed by atoms with E-state index in [1.54, 1.807) is 32.1 Å². The Morgan fingerprint density at radius 1 is 1.00 bits per heavy atom. The Hall–Kier alpha value is -3.97. The van der Waals surface area contributed by atoms with Gasteiger partial charge in [0.05, 0.1) is 15.9 Å². The third kappa shape index (κ3) is 5.63. The zero-order valence-corrected chi connectivity index (χ0v) is 21.4. The molecule has 0 aliphatic carbocycles. The topological polar surface area (TPSA) is 78.7 Å². The lowest BCUT2D eigenvalue weighted by Gasteiger charge is -2.14. The molecule has 0 saturated carbocycles. The third-order valence-corrected chi connectivity index (χ3v) is 6.70. The molecule has 0 aliphatic heterocycles. The van der Waals surface area contributed by atoms with Crippen LogP contribution < -0.4 is 4.74 Å². The van der Waals surface area contributed by atoms with E-state index in [0.717, 1.165) is 26.1 Å². The number of nitrogens with zero attached hydrogens (tertiary/aromatic N) is 1. The van der Waals surface area contributed by atoms with Gasteiger partial charge in [0, 0.05) is 28.3 Å². The smallest absolute Gasteiger partial charge is 0.331 e. The van der Waals surface area contributed by atoms with Crippen LogP contribution in [-0.2, 0) is 9.53 Å². The van der Waals surface area contributed by atoms with Crippen LogP contribution in [0.15, 0.2) is 72.8 Å². The third-order valence-electron chi connectivity index (χ3n) is 5.53. The molecule has 7 heteroatoms. The molecule has 184 valence electrons. The first-order chi connectivity index (χ1) is 17.2. The van der Waals surface area contributed by atoms with Gasteiger partial charge in [-0.05, 0) is 60.7 Å². The van der Waals surface area contributed by atoms with Gasteiger partial charge in [-0.15, -0.1) is 11.3 Å². The van der Waals surface area contributed by atoms with Crippen molar-refractivity contribution in [2.24, 2.45) is 0 Å². The van der Waals surface area contributed by atoms with E-state index in [1.807, 2.05) is 36.4 Å². The summed E-state index contributed by atoms with van der Waals surface area (Å²) in [6.07, 6.45) is 2.92. The monoisotopic (exact) mass is 501 g/mol. The van der Waals surface area contributed by atoms with Crippen LogP contribution in [0.1, 0.15) is 44.7 Å². The number of ether oxygens (including phenoxy) is 2. The van der Waals surface area contributed by atoms with Crippen molar-refractivity contribution in [1.29, 1.82) is 0 Å². The molecule has 6 nitrogen and oxygen atoms in total. The summed E-state index contributed by atoms with van der Waals surface area (Å²) in [7, 11) is 0. The zero-order valence-electron chi connectivity index (χ0n) is 20.6. The van der Waals surface area contributed by atoms with Crippen LogP contribution in [0.2, 0.25) is 0 Å². The van der Waals surface area contributed by atoms with Gasteiger partial charge in [-0.2, -0.15) is 0 Å². The maximum absolute atomic E-state index is 11.8. The molecule has 0 amide bonds. The zero-order chi connectivity index (χ0) is 25.8. The maximum Gasteiger partial charge on any atom is 0.331 e. The summed E-state index contributed by atoms with van der Waals surface area (Å²) in [5.41, 5.74) is 3.11. The van der Waals surface area contributed by atoms with Crippen LogP contribution >= 0.6 is 11.3 Å². The summed E-state index contributed by atoms with van der Waals surface area (Å²) in [6.45, 7) is 7.89. The number of thiophene rings is 1. The van der Waals surface area contributed by atoms with Crippen molar-refractivity contribution < 1.29 is 19.2 Å². The molecule has 0 atom stereocenters. The Balaban J connectivity index is 1.73. The van der Waals surface area contributed by atoms with Gasteiger partial charge in [-0.25, -0.2) is 4.79 Å². The summed E-state index contributed by atoms with van der Waals surface area (Å²) >= 11 is 1.49. The van der Waals surface area contributed by atoms with E-state index in [9.17, 15) is 14.9 Å². The highest BCUT2D eigenvalue weighted by atomic mass is 32.1. The number of esters is 1. The maximum atomic E-state index is 11.8. The number of non-ortho nitro benzene ring substituents is 1. The highest BCUT2D eigenvalue weighted by molar-refractivity contribution is 7.22. The van der Waals surface area contributed by atoms with Gasteiger partial charge < -0.3 is 9.47 Å². The molecule has 0 bridgehead atoms. The molecule has 0 unspecified atom stereocenters. The molecule has 0 saturated heterocycles. The van der Waals surface area contributed by atoms with Crippen LogP contribution in [0.25, 0.3) is 26.6 Å². The molecule has 1 heterocycles. The summed E-state index contributed by atoms with van der Waals surface area (Å²) in [4.78, 5) is 23.7. The lowest BCUT2D eigenvalue weighted by molar-refractivity contribution is -0.384. The molecule has 3 aromatic carbocycles. The van der Waals surface area contributed by atoms with Gasteiger partial charge >= 0.3 is 5.97 Å². The first kappa shape index (κ1) is 25.1. The number of fused-ring (bicyclic) bond motifs is 1. The van der Waals surface area contributed by atoms with Gasteiger partial charge in [0.2, 0.25) is 0 Å². The van der Waals surface area contributed by atoms with E-state index in [2.05, 4.69) is 26.0 Å². The van der Waals surface area contributed by atoms with Crippen LogP contribution in [0, 0.1) is 10.1 Å². The Bertz CT molecular complexity index is 1430. The number of hydrogen-bond donors (Lipinski definition) is 0. The Morgan fingerprint density at radius 3 is 2.39 bits per heavy atom. The van der Waals surface area contributed by atoms with E-state index >= 15 is 0 Å². The molecule has 4 aromatic rings. The summed E-state index contributed by atoms with van der Waals surface area (Å²) < 4.78 is 12.3. The highest BCUT2D eigenvalue weighted by Crippen LogP contribution is 2.48. The summed E-state index contributed by atoms with van der Waals surface area (Å²) in [6, 6.07) is 20.4. The van der Waals surface area contributed by atoms with Gasteiger partial charge in [-0.1, -0.05) is 50.2 Å². The van der Waals surface area contributed by atoms with Crippen molar-refractivity contribution in [2.45, 2.75) is 39.7 Å². The van der Waals surface area contributed by atoms with Gasteiger partial charge in [0.25, 0.3) is 5.69 Å². The van der Waals surface area contributed by atoms with Gasteiger partial charge in [0.15, 0.2) is 5.75 Å². The lowest BCUT2D eigenvalue weighted by atomic mass is 9.96. The molecular formula is C29H27NO5S. The number of rotatable bonds is 8. The second kappa shape index (κ2) is 10.7. The first-order valence-corrected chi connectivity index (χ1v) is 12.5. The fourth-order valence-corrected chi connectivity index (χ4v) is 5.07. The summed E-state index contributed by atoms with van der Waals surface area (Å²) in [5, 5.41) is 12.2. The van der Waals surface area contributed by atoms with Crippen molar-refractivity contribution >= 4 is 39.2 Å². The fourth-order valence-electron chi connectivity index (χ4n) is 3.86. The van der Waals surface area contributed by atoms with Crippen molar-refractivity contribution in [3.05, 3.63) is 94.0 Å². The standard InChI is InChI=1S/C29H27NO5S/c1-18(2)23-7-5-6-8-24(23)29-28(25-15-12-21(30(32)33)17-26(25)36-29)35-22-13-9-20(10-14-22)11-16-27(31)34-19(3)4/h5-19H,1-4H3/b16-11+. The molecule has 4 rings (SSSR count). The largest absolute Gasteiger partial charge is 0.460 e. The van der Waals surface area contributed by atoms with Crippen molar-refractivity contribution in [2.75, 3.05) is 0 Å². The minimum Gasteiger partial charge on any atom is -0.460 e. The van der Waals surface area contributed by atoms with E-state index in [-0.39, 0.29) is 16.7 Å². The second-order valence-corrected chi connectivity index (χ2v) is 9.98. The van der Waals surface area contributed by atoms with E-state index in [0.29, 0.717) is 17.4 Å². The minimum atomic E-state index is -0.391. The van der Waals surface area contributed by atoms with Crippen molar-refractivity contribution in [3.8, 4) is 21.9 Å². The molecule has 1 aromatic heterocycles. The molecule has 0 fully saturated rings. The number of nitro benzene ring substituents is 1. The first-order valence-electron chi connectivity index (χ1n) is 11.7. The quantitative estimate of drug-likeness (QED) is 0.105. The lowest BCUT2D eigenvalue weighted by Crippen LogP contribution is -2.08. The van der Waals surface area contributed by atoms with Crippen LogP contribution in [0.5, 0.6) is 11.5 Å². The van der Waals surface area contributed by atoms with Gasteiger partial charge in [-0.3, -0.25) is 10.1 Å². The molecule has 0 radical (unpaired) electrons. The minimum absolute atomic E-state index is 0.0473. The van der Waals surface area contributed by atoms with Crippen LogP contribution in [0.4, 0.5) is 5.69 Å². The van der Waals surface area contributed by atoms with Gasteiger partial charge in [0.1, 0.15) is 5.75 Å². The second-order valence-electron chi connectivity index (χ2n) is 8.93. The number of carbonyl (C=O) groups is 1. The molecule has 0 spiro atoms. The fraction of sp³-hybridized carbons (Fsp3) is 0.207. The SMILES string of the molecule is CC(C)OC(=O)/C=C/c1ccc(Oc2c(-c3ccccc3C(C)C)sc3cc([N+](=O)[O-])ccc23)cc1. The number of nitro groups is 1. The Morgan fingerprint density at radius 2 is 1.72 bits per heavy atom. The average molecular weight is 502 g/mol. The molecular weight excluding hydrogens is 474 g/mol. The molecule has 0 N–H and O–H groups in total. The van der Waals surface area contributed by atoms with Crippen molar-refractivity contribution in [1.82, 2.24) is 0 Å². The summed E-state index contributed by atoms with van der Waals surface area (Å²) in [5.74, 6) is 1.19. The molecule has 36 heavy (non-hydrogen) atoms.